The molecule has 1 saturated heterocycles. The fourth-order valence-corrected chi connectivity index (χ4v) is 6.08. The van der Waals surface area contributed by atoms with Crippen molar-refractivity contribution in [2.75, 3.05) is 19.6 Å². The summed E-state index contributed by atoms with van der Waals surface area (Å²) >= 11 is 6.17. The molecule has 1 aliphatic rings. The quantitative estimate of drug-likeness (QED) is 0.251. The van der Waals surface area contributed by atoms with Gasteiger partial charge in [-0.05, 0) is 66.6 Å². The van der Waals surface area contributed by atoms with Gasteiger partial charge in [-0.3, -0.25) is 19.1 Å². The van der Waals surface area contributed by atoms with Crippen molar-refractivity contribution < 1.29 is 4.79 Å². The number of piperazine rings is 1. The van der Waals surface area contributed by atoms with Crippen LogP contribution in [0.25, 0.3) is 27.4 Å². The highest BCUT2D eigenvalue weighted by molar-refractivity contribution is 6.30. The Bertz CT molecular complexity index is 1760. The average molecular weight is 551 g/mol. The number of aromatic nitrogens is 2. The molecule has 0 spiro atoms. The first-order valence-electron chi connectivity index (χ1n) is 13.8. The van der Waals surface area contributed by atoms with Gasteiger partial charge < -0.3 is 4.90 Å². The maximum atomic E-state index is 13.8. The Morgan fingerprint density at radius 1 is 0.925 bits per heavy atom. The molecule has 202 valence electrons. The van der Waals surface area contributed by atoms with Gasteiger partial charge in [-0.2, -0.15) is 0 Å². The smallest absolute Gasteiger partial charge is 0.266 e. The Kier molecular flexibility index (Phi) is 7.13. The Morgan fingerprint density at radius 2 is 1.62 bits per heavy atom. The molecule has 6 nitrogen and oxygen atoms in total. The summed E-state index contributed by atoms with van der Waals surface area (Å²) in [6.07, 6.45) is 0.766. The maximum Gasteiger partial charge on any atom is 0.266 e. The number of hydrogen-bond donors (Lipinski definition) is 0. The molecule has 5 aromatic rings. The van der Waals surface area contributed by atoms with E-state index in [1.54, 1.807) is 16.7 Å². The molecule has 1 amide bonds. The number of nitrogens with zero attached hydrogens (tertiary/aromatic N) is 4. The molecule has 40 heavy (non-hydrogen) atoms. The Hall–Kier alpha value is -4.00. The number of carbonyl (C=O) groups is 1. The van der Waals surface area contributed by atoms with E-state index in [1.165, 1.54) is 0 Å². The summed E-state index contributed by atoms with van der Waals surface area (Å²) in [5.41, 5.74) is 2.06. The minimum absolute atomic E-state index is 0.00886. The van der Waals surface area contributed by atoms with E-state index in [0.717, 1.165) is 28.4 Å². The lowest BCUT2D eigenvalue weighted by atomic mass is 10.0. The molecule has 4 aromatic carbocycles. The number of para-hydroxylation sites is 1. The van der Waals surface area contributed by atoms with Gasteiger partial charge in [0.25, 0.3) is 11.5 Å². The van der Waals surface area contributed by atoms with Crippen molar-refractivity contribution in [2.45, 2.75) is 32.4 Å². The summed E-state index contributed by atoms with van der Waals surface area (Å²) in [7, 11) is 0. The van der Waals surface area contributed by atoms with Gasteiger partial charge in [-0.1, -0.05) is 67.1 Å². The van der Waals surface area contributed by atoms with Crippen molar-refractivity contribution in [3.05, 3.63) is 118 Å². The minimum atomic E-state index is -0.106. The zero-order valence-corrected chi connectivity index (χ0v) is 23.4. The molecule has 1 aliphatic heterocycles. The number of hydrogen-bond acceptors (Lipinski definition) is 4. The van der Waals surface area contributed by atoms with Gasteiger partial charge in [0.2, 0.25) is 0 Å². The van der Waals surface area contributed by atoms with Crippen molar-refractivity contribution in [3.8, 4) is 5.69 Å². The second-order valence-electron chi connectivity index (χ2n) is 10.4. The van der Waals surface area contributed by atoms with Crippen LogP contribution >= 0.6 is 11.6 Å². The summed E-state index contributed by atoms with van der Waals surface area (Å²) in [4.78, 5) is 37.0. The Labute approximate surface area is 238 Å². The summed E-state index contributed by atoms with van der Waals surface area (Å²) in [5, 5.41) is 3.23. The average Bonchev–Trinajstić information content (AvgIpc) is 2.98. The summed E-state index contributed by atoms with van der Waals surface area (Å²) < 4.78 is 1.73. The van der Waals surface area contributed by atoms with Crippen LogP contribution in [0.5, 0.6) is 0 Å². The van der Waals surface area contributed by atoms with Crippen LogP contribution in [-0.4, -0.2) is 50.9 Å². The van der Waals surface area contributed by atoms with Crippen LogP contribution in [-0.2, 0) is 0 Å². The number of carbonyl (C=O) groups excluding carboxylic acids is 1. The van der Waals surface area contributed by atoms with Gasteiger partial charge >= 0.3 is 0 Å². The van der Waals surface area contributed by atoms with E-state index >= 15 is 0 Å². The molecule has 2 atom stereocenters. The van der Waals surface area contributed by atoms with Crippen molar-refractivity contribution in [3.63, 3.8) is 0 Å². The van der Waals surface area contributed by atoms with Gasteiger partial charge in [0.05, 0.1) is 22.6 Å². The third-order valence-corrected chi connectivity index (χ3v) is 8.20. The van der Waals surface area contributed by atoms with E-state index in [2.05, 4.69) is 18.7 Å². The van der Waals surface area contributed by atoms with Crippen molar-refractivity contribution in [1.82, 2.24) is 19.4 Å². The number of amides is 1. The first-order valence-corrected chi connectivity index (χ1v) is 14.1. The van der Waals surface area contributed by atoms with Crippen LogP contribution in [0.4, 0.5) is 0 Å². The second-order valence-corrected chi connectivity index (χ2v) is 10.8. The highest BCUT2D eigenvalue weighted by atomic mass is 35.5. The van der Waals surface area contributed by atoms with Crippen LogP contribution in [0.2, 0.25) is 5.02 Å². The molecular weight excluding hydrogens is 520 g/mol. The highest BCUT2D eigenvalue weighted by Crippen LogP contribution is 2.30. The van der Waals surface area contributed by atoms with Crippen molar-refractivity contribution >= 4 is 39.2 Å². The first-order chi connectivity index (χ1) is 19.5. The number of fused-ring (bicyclic) bond motifs is 2. The first kappa shape index (κ1) is 26.2. The van der Waals surface area contributed by atoms with E-state index < -0.39 is 0 Å². The molecule has 2 heterocycles. The number of rotatable bonds is 5. The summed E-state index contributed by atoms with van der Waals surface area (Å²) in [6.45, 7) is 6.18. The third kappa shape index (κ3) is 4.67. The van der Waals surface area contributed by atoms with E-state index in [4.69, 9.17) is 16.6 Å². The molecule has 0 saturated carbocycles. The lowest BCUT2D eigenvalue weighted by molar-refractivity contribution is 0.0366. The fraction of sp³-hybridized carbons (Fsp3) is 0.242. The number of halogens is 1. The van der Waals surface area contributed by atoms with Crippen molar-refractivity contribution in [1.29, 1.82) is 0 Å². The maximum absolute atomic E-state index is 13.8. The molecule has 0 bridgehead atoms. The Morgan fingerprint density at radius 3 is 2.38 bits per heavy atom. The monoisotopic (exact) mass is 550 g/mol. The fourth-order valence-electron chi connectivity index (χ4n) is 5.95. The second kappa shape index (κ2) is 10.9. The highest BCUT2D eigenvalue weighted by Gasteiger charge is 2.34. The van der Waals surface area contributed by atoms with Crippen molar-refractivity contribution in [2.24, 2.45) is 0 Å². The van der Waals surface area contributed by atoms with Gasteiger partial charge in [0.1, 0.15) is 5.82 Å². The summed E-state index contributed by atoms with van der Waals surface area (Å²) in [6, 6.07) is 28.6. The van der Waals surface area contributed by atoms with E-state index in [1.807, 2.05) is 83.8 Å². The molecule has 0 N–H and O–H groups in total. The largest absolute Gasteiger partial charge is 0.333 e. The molecule has 2 unspecified atom stereocenters. The van der Waals surface area contributed by atoms with Gasteiger partial charge in [-0.25, -0.2) is 4.98 Å². The SMILES string of the molecule is CCC(c1nc2ccccc2c(=O)n1-c1ccc(Cl)cc1)N1CCN(C(=O)c2cccc3ccccc23)C(C)C1. The normalized spacial score (nSPS) is 16.9. The van der Waals surface area contributed by atoms with Crippen LogP contribution < -0.4 is 5.56 Å². The zero-order chi connectivity index (χ0) is 27.8. The Balaban J connectivity index is 1.34. The molecule has 0 radical (unpaired) electrons. The van der Waals surface area contributed by atoms with Crippen LogP contribution in [0.3, 0.4) is 0 Å². The molecule has 1 aromatic heterocycles. The lowest BCUT2D eigenvalue weighted by Gasteiger charge is -2.43. The lowest BCUT2D eigenvalue weighted by Crippen LogP contribution is -2.55. The number of benzene rings is 4. The standard InChI is InChI=1S/C33H31ClN4O2/c1-3-30(31-35-29-14-7-6-12-28(29)33(40)38(31)25-17-15-24(34)16-18-25)36-19-20-37(22(2)21-36)32(39)27-13-8-10-23-9-4-5-11-26(23)27/h4-18,22,30H,3,19-21H2,1-2H3. The van der Waals surface area contributed by atoms with E-state index in [0.29, 0.717) is 41.4 Å². The van der Waals surface area contributed by atoms with Crippen LogP contribution in [0, 0.1) is 0 Å². The van der Waals surface area contributed by atoms with E-state index in [-0.39, 0.29) is 23.6 Å². The summed E-state index contributed by atoms with van der Waals surface area (Å²) in [5.74, 6) is 0.758. The predicted molar refractivity (Wildman–Crippen MR) is 161 cm³/mol. The topological polar surface area (TPSA) is 58.4 Å². The van der Waals surface area contributed by atoms with Gasteiger partial charge in [0.15, 0.2) is 0 Å². The molecule has 1 fully saturated rings. The molecule has 0 aliphatic carbocycles. The minimum Gasteiger partial charge on any atom is -0.333 e. The zero-order valence-electron chi connectivity index (χ0n) is 22.6. The molecular formula is C33H31ClN4O2. The van der Waals surface area contributed by atoms with Crippen LogP contribution in [0.1, 0.15) is 42.5 Å². The molecule has 7 heteroatoms. The van der Waals surface area contributed by atoms with Gasteiger partial charge in [-0.15, -0.1) is 0 Å². The third-order valence-electron chi connectivity index (χ3n) is 7.95. The molecule has 6 rings (SSSR count). The predicted octanol–water partition coefficient (Wildman–Crippen LogP) is 6.49. The van der Waals surface area contributed by atoms with E-state index in [9.17, 15) is 9.59 Å². The van der Waals surface area contributed by atoms with Gasteiger partial charge in [0, 0.05) is 36.3 Å². The van der Waals surface area contributed by atoms with Crippen LogP contribution in [0.15, 0.2) is 95.8 Å².